The SMILES string of the molecule is CCN(CC)CCNC(=O)c1ccc(Nc2cc(-c3ccccc3OC)ncn2)cc1. The molecule has 0 aliphatic rings. The molecule has 1 amide bonds. The number of methoxy groups -OCH3 is 1. The molecule has 0 spiro atoms. The minimum Gasteiger partial charge on any atom is -0.496 e. The monoisotopic (exact) mass is 419 g/mol. The van der Waals surface area contributed by atoms with Crippen molar-refractivity contribution in [3.63, 3.8) is 0 Å². The van der Waals surface area contributed by atoms with Crippen LogP contribution in [0.2, 0.25) is 0 Å². The van der Waals surface area contributed by atoms with Crippen molar-refractivity contribution in [2.75, 3.05) is 38.6 Å². The number of rotatable bonds is 10. The highest BCUT2D eigenvalue weighted by Gasteiger charge is 2.09. The summed E-state index contributed by atoms with van der Waals surface area (Å²) in [5.41, 5.74) is 3.12. The molecule has 0 fully saturated rings. The summed E-state index contributed by atoms with van der Waals surface area (Å²) in [4.78, 5) is 23.3. The molecule has 31 heavy (non-hydrogen) atoms. The normalized spacial score (nSPS) is 10.7. The van der Waals surface area contributed by atoms with E-state index in [1.165, 1.54) is 6.33 Å². The fraction of sp³-hybridized carbons (Fsp3) is 0.292. The van der Waals surface area contributed by atoms with Crippen LogP contribution in [-0.2, 0) is 0 Å². The van der Waals surface area contributed by atoms with Gasteiger partial charge in [0.15, 0.2) is 0 Å². The summed E-state index contributed by atoms with van der Waals surface area (Å²) in [7, 11) is 1.64. The number of para-hydroxylation sites is 1. The van der Waals surface area contributed by atoms with Gasteiger partial charge in [0, 0.05) is 36.0 Å². The molecule has 1 aromatic heterocycles. The molecular formula is C24H29N5O2. The van der Waals surface area contributed by atoms with Gasteiger partial charge in [-0.2, -0.15) is 0 Å². The predicted molar refractivity (Wildman–Crippen MR) is 124 cm³/mol. The Kier molecular flexibility index (Phi) is 7.95. The first-order chi connectivity index (χ1) is 15.1. The first-order valence-corrected chi connectivity index (χ1v) is 10.5. The number of amides is 1. The molecule has 1 heterocycles. The summed E-state index contributed by atoms with van der Waals surface area (Å²) in [6, 6.07) is 16.9. The van der Waals surface area contributed by atoms with Crippen LogP contribution in [-0.4, -0.2) is 54.1 Å². The molecule has 0 unspecified atom stereocenters. The number of hydrogen-bond acceptors (Lipinski definition) is 6. The molecule has 0 saturated carbocycles. The number of carbonyl (C=O) groups excluding carboxylic acids is 1. The van der Waals surface area contributed by atoms with Crippen molar-refractivity contribution in [1.82, 2.24) is 20.2 Å². The molecule has 7 nitrogen and oxygen atoms in total. The zero-order chi connectivity index (χ0) is 22.1. The first-order valence-electron chi connectivity index (χ1n) is 10.5. The Hall–Kier alpha value is -3.45. The summed E-state index contributed by atoms with van der Waals surface area (Å²) in [5, 5.41) is 6.23. The third-order valence-electron chi connectivity index (χ3n) is 5.08. The first kappa shape index (κ1) is 22.2. The van der Waals surface area contributed by atoms with Crippen LogP contribution >= 0.6 is 0 Å². The van der Waals surface area contributed by atoms with E-state index in [1.807, 2.05) is 42.5 Å². The molecule has 0 aliphatic heterocycles. The van der Waals surface area contributed by atoms with Crippen molar-refractivity contribution < 1.29 is 9.53 Å². The fourth-order valence-electron chi connectivity index (χ4n) is 3.25. The lowest BCUT2D eigenvalue weighted by atomic mass is 10.1. The maximum Gasteiger partial charge on any atom is 0.251 e. The van der Waals surface area contributed by atoms with Gasteiger partial charge in [-0.3, -0.25) is 4.79 Å². The van der Waals surface area contributed by atoms with E-state index >= 15 is 0 Å². The second-order valence-corrected chi connectivity index (χ2v) is 6.97. The third-order valence-corrected chi connectivity index (χ3v) is 5.08. The molecule has 7 heteroatoms. The topological polar surface area (TPSA) is 79.4 Å². The van der Waals surface area contributed by atoms with E-state index in [0.717, 1.165) is 42.3 Å². The van der Waals surface area contributed by atoms with Crippen LogP contribution in [0.1, 0.15) is 24.2 Å². The van der Waals surface area contributed by atoms with Crippen LogP contribution in [0.5, 0.6) is 5.75 Å². The van der Waals surface area contributed by atoms with E-state index in [0.29, 0.717) is 17.9 Å². The van der Waals surface area contributed by atoms with Gasteiger partial charge in [0.25, 0.3) is 5.91 Å². The van der Waals surface area contributed by atoms with Gasteiger partial charge in [-0.15, -0.1) is 0 Å². The molecule has 0 atom stereocenters. The molecule has 3 rings (SSSR count). The molecule has 0 aliphatic carbocycles. The van der Waals surface area contributed by atoms with Gasteiger partial charge < -0.3 is 20.3 Å². The molecule has 162 valence electrons. The number of benzene rings is 2. The smallest absolute Gasteiger partial charge is 0.251 e. The minimum atomic E-state index is -0.0702. The number of carbonyl (C=O) groups is 1. The van der Waals surface area contributed by atoms with E-state index in [4.69, 9.17) is 4.74 Å². The van der Waals surface area contributed by atoms with Crippen molar-refractivity contribution in [2.45, 2.75) is 13.8 Å². The summed E-state index contributed by atoms with van der Waals surface area (Å²) >= 11 is 0. The average molecular weight is 420 g/mol. The highest BCUT2D eigenvalue weighted by molar-refractivity contribution is 5.94. The lowest BCUT2D eigenvalue weighted by molar-refractivity contribution is 0.0949. The summed E-state index contributed by atoms with van der Waals surface area (Å²) < 4.78 is 5.43. The van der Waals surface area contributed by atoms with Gasteiger partial charge in [-0.25, -0.2) is 9.97 Å². The Morgan fingerprint density at radius 1 is 1.03 bits per heavy atom. The summed E-state index contributed by atoms with van der Waals surface area (Å²) in [5.74, 6) is 1.34. The summed E-state index contributed by atoms with van der Waals surface area (Å²) in [6.45, 7) is 7.68. The minimum absolute atomic E-state index is 0.0702. The molecule has 3 aromatic rings. The fourth-order valence-corrected chi connectivity index (χ4v) is 3.25. The largest absolute Gasteiger partial charge is 0.496 e. The van der Waals surface area contributed by atoms with Gasteiger partial charge in [0.05, 0.1) is 12.8 Å². The summed E-state index contributed by atoms with van der Waals surface area (Å²) in [6.07, 6.45) is 1.52. The van der Waals surface area contributed by atoms with Crippen molar-refractivity contribution in [2.24, 2.45) is 0 Å². The predicted octanol–water partition coefficient (Wildman–Crippen LogP) is 3.97. The van der Waals surface area contributed by atoms with Gasteiger partial charge in [-0.1, -0.05) is 26.0 Å². The maximum absolute atomic E-state index is 12.4. The Bertz CT molecular complexity index is 987. The van der Waals surface area contributed by atoms with Crippen LogP contribution < -0.4 is 15.4 Å². The molecule has 0 bridgehead atoms. The number of hydrogen-bond donors (Lipinski definition) is 2. The number of aromatic nitrogens is 2. The maximum atomic E-state index is 12.4. The number of anilines is 2. The Balaban J connectivity index is 1.63. The van der Waals surface area contributed by atoms with Crippen LogP contribution in [0.15, 0.2) is 60.9 Å². The second kappa shape index (κ2) is 11.1. The molecular weight excluding hydrogens is 390 g/mol. The van der Waals surface area contributed by atoms with E-state index < -0.39 is 0 Å². The number of nitrogens with zero attached hydrogens (tertiary/aromatic N) is 3. The molecule has 2 N–H and O–H groups in total. The standard InChI is InChI=1S/C24H29N5O2/c1-4-29(5-2)15-14-25-24(30)18-10-12-19(13-11-18)28-23-16-21(26-17-27-23)20-8-6-7-9-22(20)31-3/h6-13,16-17H,4-5,14-15H2,1-3H3,(H,25,30)(H,26,27,28). The van der Waals surface area contributed by atoms with Crippen LogP contribution in [0.25, 0.3) is 11.3 Å². The van der Waals surface area contributed by atoms with Gasteiger partial charge in [0.2, 0.25) is 0 Å². The van der Waals surface area contributed by atoms with Crippen LogP contribution in [0, 0.1) is 0 Å². The quantitative estimate of drug-likeness (QED) is 0.518. The zero-order valence-electron chi connectivity index (χ0n) is 18.3. The van der Waals surface area contributed by atoms with E-state index in [-0.39, 0.29) is 5.91 Å². The van der Waals surface area contributed by atoms with Gasteiger partial charge in [-0.05, 0) is 49.5 Å². The van der Waals surface area contributed by atoms with Crippen molar-refractivity contribution in [3.8, 4) is 17.0 Å². The van der Waals surface area contributed by atoms with Crippen molar-refractivity contribution in [3.05, 3.63) is 66.5 Å². The zero-order valence-corrected chi connectivity index (χ0v) is 18.3. The lowest BCUT2D eigenvalue weighted by Gasteiger charge is -2.18. The highest BCUT2D eigenvalue weighted by atomic mass is 16.5. The highest BCUT2D eigenvalue weighted by Crippen LogP contribution is 2.29. The molecule has 0 saturated heterocycles. The Morgan fingerprint density at radius 2 is 1.77 bits per heavy atom. The van der Waals surface area contributed by atoms with E-state index in [9.17, 15) is 4.79 Å². The molecule has 0 radical (unpaired) electrons. The number of ether oxygens (including phenoxy) is 1. The number of nitrogens with one attached hydrogen (secondary N) is 2. The third kappa shape index (κ3) is 6.02. The average Bonchev–Trinajstić information content (AvgIpc) is 2.82. The van der Waals surface area contributed by atoms with Gasteiger partial charge >= 0.3 is 0 Å². The Labute approximate surface area is 183 Å². The van der Waals surface area contributed by atoms with E-state index in [1.54, 1.807) is 19.2 Å². The van der Waals surface area contributed by atoms with Crippen LogP contribution in [0.3, 0.4) is 0 Å². The van der Waals surface area contributed by atoms with E-state index in [2.05, 4.69) is 39.3 Å². The molecule has 2 aromatic carbocycles. The van der Waals surface area contributed by atoms with Crippen molar-refractivity contribution >= 4 is 17.4 Å². The Morgan fingerprint density at radius 3 is 2.48 bits per heavy atom. The number of likely N-dealkylation sites (N-methyl/N-ethyl adjacent to an activating group) is 1. The van der Waals surface area contributed by atoms with Crippen LogP contribution in [0.4, 0.5) is 11.5 Å². The lowest BCUT2D eigenvalue weighted by Crippen LogP contribution is -2.34. The van der Waals surface area contributed by atoms with Crippen molar-refractivity contribution in [1.29, 1.82) is 0 Å². The second-order valence-electron chi connectivity index (χ2n) is 6.97. The van der Waals surface area contributed by atoms with Gasteiger partial charge in [0.1, 0.15) is 17.9 Å².